The summed E-state index contributed by atoms with van der Waals surface area (Å²) < 4.78 is 0. The normalized spacial score (nSPS) is 26.2. The number of piperidine rings is 1. The maximum Gasteiger partial charge on any atom is 0.317 e. The third-order valence-electron chi connectivity index (χ3n) is 5.79. The molecule has 1 aromatic rings. The number of amides is 2. The van der Waals surface area contributed by atoms with Crippen LogP contribution in [0.2, 0.25) is 0 Å². The van der Waals surface area contributed by atoms with Gasteiger partial charge in [0.15, 0.2) is 0 Å². The van der Waals surface area contributed by atoms with Crippen LogP contribution in [0.3, 0.4) is 0 Å². The average Bonchev–Trinajstić information content (AvgIpc) is 2.68. The molecule has 2 fully saturated rings. The van der Waals surface area contributed by atoms with Crippen molar-refractivity contribution < 1.29 is 14.7 Å². The number of carboxylic acid groups (broad SMARTS) is 1. The van der Waals surface area contributed by atoms with E-state index in [1.165, 1.54) is 5.69 Å². The smallest absolute Gasteiger partial charge is 0.317 e. The Morgan fingerprint density at radius 1 is 1.12 bits per heavy atom. The van der Waals surface area contributed by atoms with Gasteiger partial charge in [0.2, 0.25) is 0 Å². The van der Waals surface area contributed by atoms with Gasteiger partial charge in [0.05, 0.1) is 12.0 Å². The van der Waals surface area contributed by atoms with Crippen LogP contribution in [0.25, 0.3) is 0 Å². The van der Waals surface area contributed by atoms with Crippen LogP contribution in [0, 0.1) is 5.92 Å². The minimum atomic E-state index is -0.713. The lowest BCUT2D eigenvalue weighted by Crippen LogP contribution is -2.53. The van der Waals surface area contributed by atoms with Crippen molar-refractivity contribution in [2.45, 2.75) is 50.6 Å². The van der Waals surface area contributed by atoms with Gasteiger partial charge >= 0.3 is 12.0 Å². The fourth-order valence-corrected chi connectivity index (χ4v) is 4.07. The van der Waals surface area contributed by atoms with Crippen LogP contribution in [0.15, 0.2) is 30.3 Å². The molecule has 1 heterocycles. The first kappa shape index (κ1) is 18.5. The first-order valence-electron chi connectivity index (χ1n) is 9.60. The molecule has 2 amide bonds. The summed E-state index contributed by atoms with van der Waals surface area (Å²) >= 11 is 0. The molecule has 0 spiro atoms. The van der Waals surface area contributed by atoms with Crippen molar-refractivity contribution in [2.75, 3.05) is 25.0 Å². The van der Waals surface area contributed by atoms with Crippen molar-refractivity contribution in [2.24, 2.45) is 5.92 Å². The number of likely N-dealkylation sites (N-methyl/N-ethyl adjacent to an activating group) is 1. The fraction of sp³-hybridized carbons (Fsp3) is 0.600. The molecule has 142 valence electrons. The minimum absolute atomic E-state index is 0.0383. The summed E-state index contributed by atoms with van der Waals surface area (Å²) in [5.41, 5.74) is 1.21. The fourth-order valence-electron chi connectivity index (χ4n) is 4.07. The molecule has 0 bridgehead atoms. The molecule has 2 aliphatic rings. The molecular weight excluding hydrogens is 330 g/mol. The molecule has 1 unspecified atom stereocenters. The molecule has 1 atom stereocenters. The summed E-state index contributed by atoms with van der Waals surface area (Å²) in [6.45, 7) is 1.87. The highest BCUT2D eigenvalue weighted by Gasteiger charge is 2.30. The van der Waals surface area contributed by atoms with E-state index in [9.17, 15) is 9.59 Å². The SMILES string of the molecule is CN(C(=O)NC1CCC(C(=O)O)CC1)C1CCCN(c2ccccc2)C1. The van der Waals surface area contributed by atoms with Crippen LogP contribution in [0.1, 0.15) is 38.5 Å². The zero-order valence-electron chi connectivity index (χ0n) is 15.4. The maximum atomic E-state index is 12.6. The van der Waals surface area contributed by atoms with Crippen molar-refractivity contribution in [1.29, 1.82) is 0 Å². The molecule has 6 heteroatoms. The first-order valence-corrected chi connectivity index (χ1v) is 9.60. The summed E-state index contributed by atoms with van der Waals surface area (Å²) in [7, 11) is 1.87. The summed E-state index contributed by atoms with van der Waals surface area (Å²) in [6.07, 6.45) is 4.87. The molecule has 1 aliphatic heterocycles. The van der Waals surface area contributed by atoms with Crippen LogP contribution >= 0.6 is 0 Å². The summed E-state index contributed by atoms with van der Waals surface area (Å²) in [5.74, 6) is -0.964. The van der Waals surface area contributed by atoms with Gasteiger partial charge in [-0.2, -0.15) is 0 Å². The van der Waals surface area contributed by atoms with Crippen molar-refractivity contribution in [3.8, 4) is 0 Å². The Bertz CT molecular complexity index is 614. The summed E-state index contributed by atoms with van der Waals surface area (Å²) in [5, 5.41) is 12.2. The van der Waals surface area contributed by atoms with E-state index >= 15 is 0 Å². The molecular formula is C20H29N3O3. The molecule has 1 saturated carbocycles. The van der Waals surface area contributed by atoms with E-state index in [4.69, 9.17) is 5.11 Å². The van der Waals surface area contributed by atoms with Crippen LogP contribution in [-0.2, 0) is 4.79 Å². The Morgan fingerprint density at radius 3 is 2.46 bits per heavy atom. The van der Waals surface area contributed by atoms with Crippen LogP contribution in [0.5, 0.6) is 0 Å². The highest BCUT2D eigenvalue weighted by atomic mass is 16.4. The minimum Gasteiger partial charge on any atom is -0.481 e. The standard InChI is InChI=1S/C20H29N3O3/c1-22(20(26)21-16-11-9-15(10-12-16)19(24)25)18-8-5-13-23(14-18)17-6-3-2-4-7-17/h2-4,6-7,15-16,18H,5,8-14H2,1H3,(H,21,26)(H,24,25). The van der Waals surface area contributed by atoms with E-state index in [1.807, 2.05) is 30.1 Å². The second-order valence-corrected chi connectivity index (χ2v) is 7.52. The highest BCUT2D eigenvalue weighted by molar-refractivity contribution is 5.75. The largest absolute Gasteiger partial charge is 0.481 e. The van der Waals surface area contributed by atoms with Gasteiger partial charge < -0.3 is 20.2 Å². The van der Waals surface area contributed by atoms with Crippen molar-refractivity contribution in [3.05, 3.63) is 30.3 Å². The molecule has 2 N–H and O–H groups in total. The number of hydrogen-bond acceptors (Lipinski definition) is 3. The van der Waals surface area contributed by atoms with Gasteiger partial charge in [-0.05, 0) is 50.7 Å². The topological polar surface area (TPSA) is 72.9 Å². The van der Waals surface area contributed by atoms with E-state index in [0.29, 0.717) is 12.8 Å². The number of carboxylic acids is 1. The predicted molar refractivity (Wildman–Crippen MR) is 101 cm³/mol. The number of aliphatic carboxylic acids is 1. The Morgan fingerprint density at radius 2 is 1.81 bits per heavy atom. The summed E-state index contributed by atoms with van der Waals surface area (Å²) in [4.78, 5) is 27.9. The number of anilines is 1. The van der Waals surface area contributed by atoms with Crippen molar-refractivity contribution in [1.82, 2.24) is 10.2 Å². The molecule has 1 aromatic carbocycles. The number of nitrogens with one attached hydrogen (secondary N) is 1. The third-order valence-corrected chi connectivity index (χ3v) is 5.79. The number of nitrogens with zero attached hydrogens (tertiary/aromatic N) is 2. The lowest BCUT2D eigenvalue weighted by molar-refractivity contribution is -0.142. The van der Waals surface area contributed by atoms with E-state index in [1.54, 1.807) is 0 Å². The number of hydrogen-bond donors (Lipinski definition) is 2. The zero-order chi connectivity index (χ0) is 18.5. The highest BCUT2D eigenvalue weighted by Crippen LogP contribution is 2.25. The van der Waals surface area contributed by atoms with E-state index < -0.39 is 5.97 Å². The van der Waals surface area contributed by atoms with E-state index in [2.05, 4.69) is 22.3 Å². The van der Waals surface area contributed by atoms with Gasteiger partial charge in [0.25, 0.3) is 0 Å². The monoisotopic (exact) mass is 359 g/mol. The molecule has 1 saturated heterocycles. The average molecular weight is 359 g/mol. The Balaban J connectivity index is 1.51. The lowest BCUT2D eigenvalue weighted by atomic mass is 9.86. The van der Waals surface area contributed by atoms with Gasteiger partial charge in [-0.25, -0.2) is 4.79 Å². The van der Waals surface area contributed by atoms with Crippen LogP contribution in [0.4, 0.5) is 10.5 Å². The number of benzene rings is 1. The van der Waals surface area contributed by atoms with Gasteiger partial charge in [0, 0.05) is 31.9 Å². The van der Waals surface area contributed by atoms with Crippen LogP contribution in [-0.4, -0.2) is 54.2 Å². The molecule has 26 heavy (non-hydrogen) atoms. The van der Waals surface area contributed by atoms with Crippen molar-refractivity contribution >= 4 is 17.7 Å². The molecule has 0 aromatic heterocycles. The van der Waals surface area contributed by atoms with Gasteiger partial charge in [0.1, 0.15) is 0 Å². The predicted octanol–water partition coefficient (Wildman–Crippen LogP) is 2.94. The van der Waals surface area contributed by atoms with E-state index in [0.717, 1.165) is 38.8 Å². The second kappa shape index (κ2) is 8.43. The second-order valence-electron chi connectivity index (χ2n) is 7.52. The number of rotatable bonds is 4. The Hall–Kier alpha value is -2.24. The molecule has 3 rings (SSSR count). The maximum absolute atomic E-state index is 12.6. The van der Waals surface area contributed by atoms with Crippen molar-refractivity contribution in [3.63, 3.8) is 0 Å². The molecule has 0 radical (unpaired) electrons. The van der Waals surface area contributed by atoms with Crippen LogP contribution < -0.4 is 10.2 Å². The molecule has 1 aliphatic carbocycles. The Kier molecular flexibility index (Phi) is 6.01. The lowest BCUT2D eigenvalue weighted by Gasteiger charge is -2.39. The number of urea groups is 1. The number of carbonyl (C=O) groups excluding carboxylic acids is 1. The van der Waals surface area contributed by atoms with Gasteiger partial charge in [-0.1, -0.05) is 18.2 Å². The summed E-state index contributed by atoms with van der Waals surface area (Å²) in [6, 6.07) is 10.6. The zero-order valence-corrected chi connectivity index (χ0v) is 15.4. The Labute approximate surface area is 155 Å². The van der Waals surface area contributed by atoms with E-state index in [-0.39, 0.29) is 24.0 Å². The molecule has 6 nitrogen and oxygen atoms in total. The third kappa shape index (κ3) is 4.48. The quantitative estimate of drug-likeness (QED) is 0.867. The van der Waals surface area contributed by atoms with Gasteiger partial charge in [-0.3, -0.25) is 4.79 Å². The number of carbonyl (C=O) groups is 2. The van der Waals surface area contributed by atoms with Gasteiger partial charge in [-0.15, -0.1) is 0 Å². The first-order chi connectivity index (χ1) is 12.5. The number of para-hydroxylation sites is 1.